The third kappa shape index (κ3) is 4.23. The molecule has 0 spiro atoms. The Morgan fingerprint density at radius 3 is 2.50 bits per heavy atom. The van der Waals surface area contributed by atoms with Crippen LogP contribution in [0.5, 0.6) is 0 Å². The maximum atomic E-state index is 4.42. The molecule has 0 amide bonds. The lowest BCUT2D eigenvalue weighted by atomic mass is 10.1. The monoisotopic (exact) mass is 270 g/mol. The maximum absolute atomic E-state index is 4.42. The molecule has 0 aliphatic rings. The van der Waals surface area contributed by atoms with Crippen LogP contribution in [0.15, 0.2) is 30.3 Å². The van der Waals surface area contributed by atoms with Gasteiger partial charge in [-0.1, -0.05) is 29.8 Å². The van der Waals surface area contributed by atoms with Gasteiger partial charge in [0, 0.05) is 18.7 Å². The predicted octanol–water partition coefficient (Wildman–Crippen LogP) is 3.53. The Balaban J connectivity index is 2.07. The highest BCUT2D eigenvalue weighted by Gasteiger charge is 2.03. The Morgan fingerprint density at radius 1 is 1.05 bits per heavy atom. The van der Waals surface area contributed by atoms with E-state index in [9.17, 15) is 0 Å². The molecule has 1 aromatic heterocycles. The molecule has 1 aromatic carbocycles. The molecular formula is C16H22N4. The summed E-state index contributed by atoms with van der Waals surface area (Å²) in [6, 6.07) is 10.8. The van der Waals surface area contributed by atoms with Gasteiger partial charge in [-0.15, -0.1) is 0 Å². The Hall–Kier alpha value is -2.10. The van der Waals surface area contributed by atoms with Crippen LogP contribution in [0.1, 0.15) is 30.8 Å². The zero-order valence-electron chi connectivity index (χ0n) is 12.6. The van der Waals surface area contributed by atoms with Crippen LogP contribution in [-0.2, 0) is 6.54 Å². The van der Waals surface area contributed by atoms with Gasteiger partial charge in [0.25, 0.3) is 0 Å². The van der Waals surface area contributed by atoms with Crippen molar-refractivity contribution in [2.24, 2.45) is 0 Å². The molecule has 1 heterocycles. The number of rotatable bonds is 5. The Kier molecular flexibility index (Phi) is 4.56. The van der Waals surface area contributed by atoms with Gasteiger partial charge in [0.05, 0.1) is 0 Å². The molecule has 0 saturated heterocycles. The molecule has 0 saturated carbocycles. The van der Waals surface area contributed by atoms with Crippen molar-refractivity contribution < 1.29 is 0 Å². The number of nitrogens with zero attached hydrogens (tertiary/aromatic N) is 2. The highest BCUT2D eigenvalue weighted by molar-refractivity contribution is 5.48. The molecule has 0 atom stereocenters. The summed E-state index contributed by atoms with van der Waals surface area (Å²) in [5.41, 5.74) is 2.52. The van der Waals surface area contributed by atoms with E-state index in [4.69, 9.17) is 0 Å². The van der Waals surface area contributed by atoms with Crippen molar-refractivity contribution in [2.45, 2.75) is 40.3 Å². The number of aryl methyl sites for hydroxylation is 2. The molecule has 0 bridgehead atoms. The van der Waals surface area contributed by atoms with Crippen LogP contribution in [0, 0.1) is 13.8 Å². The second-order valence-corrected chi connectivity index (χ2v) is 5.33. The van der Waals surface area contributed by atoms with Crippen LogP contribution in [0.2, 0.25) is 0 Å². The van der Waals surface area contributed by atoms with Crippen LogP contribution in [0.25, 0.3) is 0 Å². The number of hydrogen-bond acceptors (Lipinski definition) is 4. The first-order valence-corrected chi connectivity index (χ1v) is 6.94. The lowest BCUT2D eigenvalue weighted by Gasteiger charge is -2.12. The molecule has 0 aliphatic carbocycles. The van der Waals surface area contributed by atoms with Crippen LogP contribution in [-0.4, -0.2) is 16.0 Å². The molecule has 0 unspecified atom stereocenters. The van der Waals surface area contributed by atoms with Crippen LogP contribution in [0.4, 0.5) is 11.6 Å². The summed E-state index contributed by atoms with van der Waals surface area (Å²) in [5.74, 6) is 2.48. The van der Waals surface area contributed by atoms with E-state index in [1.807, 2.05) is 13.0 Å². The molecule has 0 radical (unpaired) electrons. The normalized spacial score (nSPS) is 10.7. The van der Waals surface area contributed by atoms with Crippen molar-refractivity contribution in [2.75, 3.05) is 10.6 Å². The Labute approximate surface area is 120 Å². The molecule has 4 nitrogen and oxygen atoms in total. The fraction of sp³-hybridized carbons (Fsp3) is 0.375. The van der Waals surface area contributed by atoms with E-state index in [1.54, 1.807) is 0 Å². The first-order chi connectivity index (χ1) is 9.52. The zero-order valence-corrected chi connectivity index (χ0v) is 12.6. The lowest BCUT2D eigenvalue weighted by molar-refractivity contribution is 0.880. The minimum Gasteiger partial charge on any atom is -0.368 e. The van der Waals surface area contributed by atoms with Crippen molar-refractivity contribution in [1.29, 1.82) is 0 Å². The topological polar surface area (TPSA) is 49.8 Å². The second-order valence-electron chi connectivity index (χ2n) is 5.33. The molecule has 0 aliphatic heterocycles. The standard InChI is InChI=1S/C16H22N4/c1-11(2)18-16-9-15(19-13(4)20-16)17-10-14-7-5-6-12(3)8-14/h5-9,11H,10H2,1-4H3,(H2,17,18,19,20). The quantitative estimate of drug-likeness (QED) is 0.872. The molecule has 4 heteroatoms. The fourth-order valence-electron chi connectivity index (χ4n) is 2.04. The van der Waals surface area contributed by atoms with E-state index in [1.165, 1.54) is 11.1 Å². The number of nitrogens with one attached hydrogen (secondary N) is 2. The first kappa shape index (κ1) is 14.3. The van der Waals surface area contributed by atoms with Crippen molar-refractivity contribution in [3.05, 3.63) is 47.3 Å². The smallest absolute Gasteiger partial charge is 0.132 e. The molecule has 2 aromatic rings. The average molecular weight is 270 g/mol. The van der Waals surface area contributed by atoms with Crippen LogP contribution < -0.4 is 10.6 Å². The SMILES string of the molecule is Cc1cccc(CNc2cc(NC(C)C)nc(C)n2)c1. The summed E-state index contributed by atoms with van der Waals surface area (Å²) in [6.45, 7) is 8.96. The highest BCUT2D eigenvalue weighted by atomic mass is 15.1. The Bertz CT molecular complexity index is 578. The summed E-state index contributed by atoms with van der Waals surface area (Å²) in [4.78, 5) is 8.80. The summed E-state index contributed by atoms with van der Waals surface area (Å²) in [7, 11) is 0. The van der Waals surface area contributed by atoms with Gasteiger partial charge in [-0.25, -0.2) is 9.97 Å². The number of benzene rings is 1. The molecule has 20 heavy (non-hydrogen) atoms. The summed E-state index contributed by atoms with van der Waals surface area (Å²) >= 11 is 0. The minimum atomic E-state index is 0.355. The molecule has 106 valence electrons. The average Bonchev–Trinajstić information content (AvgIpc) is 2.35. The maximum Gasteiger partial charge on any atom is 0.132 e. The van der Waals surface area contributed by atoms with Gasteiger partial charge in [0.1, 0.15) is 17.5 Å². The Morgan fingerprint density at radius 2 is 1.80 bits per heavy atom. The van der Waals surface area contributed by atoms with E-state index < -0.39 is 0 Å². The van der Waals surface area contributed by atoms with Crippen molar-refractivity contribution >= 4 is 11.6 Å². The van der Waals surface area contributed by atoms with Gasteiger partial charge >= 0.3 is 0 Å². The van der Waals surface area contributed by atoms with Crippen molar-refractivity contribution in [3.63, 3.8) is 0 Å². The lowest BCUT2D eigenvalue weighted by Crippen LogP contribution is -2.13. The highest BCUT2D eigenvalue weighted by Crippen LogP contribution is 2.13. The van der Waals surface area contributed by atoms with Gasteiger partial charge in [0.2, 0.25) is 0 Å². The summed E-state index contributed by atoms with van der Waals surface area (Å²) < 4.78 is 0. The predicted molar refractivity (Wildman–Crippen MR) is 84.0 cm³/mol. The third-order valence-corrected chi connectivity index (χ3v) is 2.83. The minimum absolute atomic E-state index is 0.355. The summed E-state index contributed by atoms with van der Waals surface area (Å²) in [6.07, 6.45) is 0. The number of hydrogen-bond donors (Lipinski definition) is 2. The number of aromatic nitrogens is 2. The number of anilines is 2. The second kappa shape index (κ2) is 6.37. The van der Waals surface area contributed by atoms with Gasteiger partial charge in [0.15, 0.2) is 0 Å². The van der Waals surface area contributed by atoms with Gasteiger partial charge in [-0.3, -0.25) is 0 Å². The van der Waals surface area contributed by atoms with Crippen molar-refractivity contribution in [1.82, 2.24) is 9.97 Å². The van der Waals surface area contributed by atoms with E-state index in [0.29, 0.717) is 6.04 Å². The first-order valence-electron chi connectivity index (χ1n) is 6.94. The third-order valence-electron chi connectivity index (χ3n) is 2.83. The largest absolute Gasteiger partial charge is 0.368 e. The van der Waals surface area contributed by atoms with Crippen LogP contribution in [0.3, 0.4) is 0 Å². The molecule has 0 fully saturated rings. The van der Waals surface area contributed by atoms with E-state index in [-0.39, 0.29) is 0 Å². The van der Waals surface area contributed by atoms with E-state index in [0.717, 1.165) is 24.0 Å². The molecule has 2 rings (SSSR count). The fourth-order valence-corrected chi connectivity index (χ4v) is 2.04. The molecular weight excluding hydrogens is 248 g/mol. The van der Waals surface area contributed by atoms with Crippen molar-refractivity contribution in [3.8, 4) is 0 Å². The van der Waals surface area contributed by atoms with E-state index >= 15 is 0 Å². The van der Waals surface area contributed by atoms with Gasteiger partial charge in [-0.2, -0.15) is 0 Å². The van der Waals surface area contributed by atoms with Crippen LogP contribution >= 0.6 is 0 Å². The van der Waals surface area contributed by atoms with Gasteiger partial charge in [-0.05, 0) is 33.3 Å². The summed E-state index contributed by atoms with van der Waals surface area (Å²) in [5, 5.41) is 6.65. The molecule has 2 N–H and O–H groups in total. The van der Waals surface area contributed by atoms with E-state index in [2.05, 4.69) is 65.6 Å². The van der Waals surface area contributed by atoms with Gasteiger partial charge < -0.3 is 10.6 Å². The zero-order chi connectivity index (χ0) is 14.5.